The van der Waals surface area contributed by atoms with Crippen molar-refractivity contribution >= 4 is 5.69 Å². The lowest BCUT2D eigenvalue weighted by atomic mass is 10.2. The average molecular weight is 356 g/mol. The van der Waals surface area contributed by atoms with Crippen LogP contribution in [0, 0.1) is 6.92 Å². The second-order valence-corrected chi connectivity index (χ2v) is 6.77. The number of anilines is 1. The number of hydrogen-bond donors (Lipinski definition) is 1. The number of aliphatic hydroxyl groups is 1. The average Bonchev–Trinajstić information content (AvgIpc) is 2.67. The Balaban J connectivity index is 1.43. The van der Waals surface area contributed by atoms with E-state index in [1.165, 1.54) is 5.69 Å². The summed E-state index contributed by atoms with van der Waals surface area (Å²) in [5.41, 5.74) is 2.35. The highest BCUT2D eigenvalue weighted by Crippen LogP contribution is 2.22. The zero-order valence-electron chi connectivity index (χ0n) is 15.6. The van der Waals surface area contributed by atoms with Crippen molar-refractivity contribution in [1.82, 2.24) is 4.90 Å². The summed E-state index contributed by atoms with van der Waals surface area (Å²) in [6, 6.07) is 16.1. The molecule has 1 fully saturated rings. The minimum Gasteiger partial charge on any atom is -0.497 e. The van der Waals surface area contributed by atoms with Gasteiger partial charge < -0.3 is 19.5 Å². The summed E-state index contributed by atoms with van der Waals surface area (Å²) >= 11 is 0. The molecule has 1 N–H and O–H groups in total. The van der Waals surface area contributed by atoms with Gasteiger partial charge in [0.15, 0.2) is 0 Å². The molecule has 0 aliphatic carbocycles. The first-order valence-corrected chi connectivity index (χ1v) is 9.13. The van der Waals surface area contributed by atoms with Gasteiger partial charge in [0.1, 0.15) is 24.2 Å². The van der Waals surface area contributed by atoms with Gasteiger partial charge in [-0.2, -0.15) is 0 Å². The van der Waals surface area contributed by atoms with E-state index in [1.807, 2.05) is 43.3 Å². The molecule has 26 heavy (non-hydrogen) atoms. The molecule has 1 unspecified atom stereocenters. The monoisotopic (exact) mass is 356 g/mol. The minimum absolute atomic E-state index is 0.319. The highest BCUT2D eigenvalue weighted by molar-refractivity contribution is 5.51. The number of piperazine rings is 1. The third kappa shape index (κ3) is 5.13. The van der Waals surface area contributed by atoms with E-state index in [1.54, 1.807) is 7.11 Å². The highest BCUT2D eigenvalue weighted by atomic mass is 16.5. The van der Waals surface area contributed by atoms with Crippen LogP contribution in [0.4, 0.5) is 5.69 Å². The molecule has 1 aliphatic rings. The quantitative estimate of drug-likeness (QED) is 0.826. The molecule has 0 bridgehead atoms. The van der Waals surface area contributed by atoms with E-state index in [0.717, 1.165) is 43.2 Å². The zero-order chi connectivity index (χ0) is 18.4. The first-order valence-electron chi connectivity index (χ1n) is 9.13. The standard InChI is InChI=1S/C21H28N2O3/c1-17-5-3-8-21(13-17)26-16-19(24)15-22-9-11-23(12-10-22)18-6-4-7-20(14-18)25-2/h3-8,13-14,19,24H,9-12,15-16H2,1-2H3. The third-order valence-corrected chi connectivity index (χ3v) is 4.69. The van der Waals surface area contributed by atoms with Gasteiger partial charge in [0.05, 0.1) is 7.11 Å². The van der Waals surface area contributed by atoms with Crippen LogP contribution in [0.2, 0.25) is 0 Å². The fraction of sp³-hybridized carbons (Fsp3) is 0.429. The van der Waals surface area contributed by atoms with Crippen molar-refractivity contribution in [2.75, 3.05) is 51.3 Å². The van der Waals surface area contributed by atoms with Crippen LogP contribution in [0.25, 0.3) is 0 Å². The predicted octanol–water partition coefficient (Wildman–Crippen LogP) is 2.57. The van der Waals surface area contributed by atoms with Crippen LogP contribution in [0.1, 0.15) is 5.56 Å². The summed E-state index contributed by atoms with van der Waals surface area (Å²) in [5, 5.41) is 10.3. The van der Waals surface area contributed by atoms with Crippen LogP contribution in [0.3, 0.4) is 0 Å². The number of rotatable bonds is 7. The van der Waals surface area contributed by atoms with Gasteiger partial charge >= 0.3 is 0 Å². The number of aliphatic hydroxyl groups excluding tert-OH is 1. The van der Waals surface area contributed by atoms with E-state index in [4.69, 9.17) is 9.47 Å². The van der Waals surface area contributed by atoms with E-state index in [0.29, 0.717) is 13.2 Å². The number of ether oxygens (including phenoxy) is 2. The van der Waals surface area contributed by atoms with Crippen LogP contribution >= 0.6 is 0 Å². The Bertz CT molecular complexity index is 699. The predicted molar refractivity (Wildman–Crippen MR) is 104 cm³/mol. The van der Waals surface area contributed by atoms with Gasteiger partial charge in [0, 0.05) is 44.5 Å². The van der Waals surface area contributed by atoms with Crippen molar-refractivity contribution in [3.05, 3.63) is 54.1 Å². The van der Waals surface area contributed by atoms with Crippen molar-refractivity contribution in [1.29, 1.82) is 0 Å². The molecule has 0 spiro atoms. The summed E-state index contributed by atoms with van der Waals surface area (Å²) < 4.78 is 11.0. The summed E-state index contributed by atoms with van der Waals surface area (Å²) in [5.74, 6) is 1.69. The number of methoxy groups -OCH3 is 1. The van der Waals surface area contributed by atoms with E-state index in [2.05, 4.69) is 21.9 Å². The fourth-order valence-corrected chi connectivity index (χ4v) is 3.24. The molecule has 2 aromatic carbocycles. The summed E-state index contributed by atoms with van der Waals surface area (Å²) in [7, 11) is 1.69. The van der Waals surface area contributed by atoms with Crippen LogP contribution in [0.15, 0.2) is 48.5 Å². The largest absolute Gasteiger partial charge is 0.497 e. The Hall–Kier alpha value is -2.24. The molecule has 1 atom stereocenters. The van der Waals surface area contributed by atoms with Crippen molar-refractivity contribution in [3.63, 3.8) is 0 Å². The van der Waals surface area contributed by atoms with Crippen LogP contribution < -0.4 is 14.4 Å². The Labute approximate surface area is 155 Å². The molecular weight excluding hydrogens is 328 g/mol. The molecule has 5 heteroatoms. The summed E-state index contributed by atoms with van der Waals surface area (Å²) in [6.07, 6.45) is -0.487. The highest BCUT2D eigenvalue weighted by Gasteiger charge is 2.20. The number of aryl methyl sites for hydroxylation is 1. The van der Waals surface area contributed by atoms with Gasteiger partial charge in [0.25, 0.3) is 0 Å². The second kappa shape index (κ2) is 8.92. The van der Waals surface area contributed by atoms with Crippen LogP contribution in [0.5, 0.6) is 11.5 Å². The van der Waals surface area contributed by atoms with Crippen molar-refractivity contribution in [3.8, 4) is 11.5 Å². The molecule has 140 valence electrons. The lowest BCUT2D eigenvalue weighted by molar-refractivity contribution is 0.0663. The fourth-order valence-electron chi connectivity index (χ4n) is 3.24. The van der Waals surface area contributed by atoms with Crippen LogP contribution in [-0.2, 0) is 0 Å². The van der Waals surface area contributed by atoms with Gasteiger partial charge in [-0.3, -0.25) is 4.90 Å². The van der Waals surface area contributed by atoms with Gasteiger partial charge in [-0.15, -0.1) is 0 Å². The lowest BCUT2D eigenvalue weighted by Crippen LogP contribution is -2.49. The van der Waals surface area contributed by atoms with Gasteiger partial charge in [-0.1, -0.05) is 18.2 Å². The molecule has 1 aliphatic heterocycles. The van der Waals surface area contributed by atoms with Crippen molar-refractivity contribution < 1.29 is 14.6 Å². The summed E-state index contributed by atoms with van der Waals surface area (Å²) in [6.45, 7) is 6.73. The molecule has 1 heterocycles. The number of benzene rings is 2. The molecule has 1 saturated heterocycles. The van der Waals surface area contributed by atoms with E-state index < -0.39 is 6.10 Å². The Morgan fingerprint density at radius 3 is 2.46 bits per heavy atom. The molecule has 3 rings (SSSR count). The third-order valence-electron chi connectivity index (χ3n) is 4.69. The number of nitrogens with zero attached hydrogens (tertiary/aromatic N) is 2. The molecule has 0 aromatic heterocycles. The van der Waals surface area contributed by atoms with E-state index in [9.17, 15) is 5.11 Å². The molecular formula is C21H28N2O3. The maximum absolute atomic E-state index is 10.3. The Kier molecular flexibility index (Phi) is 6.36. The number of β-amino-alcohol motifs (C(OH)–C–C–N with tert-alkyl or cyclic N) is 1. The number of hydrogen-bond acceptors (Lipinski definition) is 5. The van der Waals surface area contributed by atoms with Gasteiger partial charge in [-0.25, -0.2) is 0 Å². The first kappa shape index (κ1) is 18.5. The van der Waals surface area contributed by atoms with E-state index >= 15 is 0 Å². The SMILES string of the molecule is COc1cccc(N2CCN(CC(O)COc3cccc(C)c3)CC2)c1. The maximum Gasteiger partial charge on any atom is 0.120 e. The summed E-state index contributed by atoms with van der Waals surface area (Å²) in [4.78, 5) is 4.65. The molecule has 0 radical (unpaired) electrons. The van der Waals surface area contributed by atoms with Crippen LogP contribution in [-0.4, -0.2) is 62.6 Å². The van der Waals surface area contributed by atoms with Gasteiger partial charge in [0.2, 0.25) is 0 Å². The second-order valence-electron chi connectivity index (χ2n) is 6.77. The Morgan fingerprint density at radius 2 is 1.73 bits per heavy atom. The first-order chi connectivity index (χ1) is 12.6. The van der Waals surface area contributed by atoms with Crippen molar-refractivity contribution in [2.24, 2.45) is 0 Å². The van der Waals surface area contributed by atoms with Crippen molar-refractivity contribution in [2.45, 2.75) is 13.0 Å². The molecule has 2 aromatic rings. The van der Waals surface area contributed by atoms with Gasteiger partial charge in [-0.05, 0) is 36.8 Å². The normalized spacial score (nSPS) is 16.3. The molecule has 5 nitrogen and oxygen atoms in total. The molecule has 0 amide bonds. The lowest BCUT2D eigenvalue weighted by Gasteiger charge is -2.37. The smallest absolute Gasteiger partial charge is 0.120 e. The van der Waals surface area contributed by atoms with E-state index in [-0.39, 0.29) is 0 Å². The maximum atomic E-state index is 10.3. The zero-order valence-corrected chi connectivity index (χ0v) is 15.6. The topological polar surface area (TPSA) is 45.2 Å². The Morgan fingerprint density at radius 1 is 1.00 bits per heavy atom. The molecule has 0 saturated carbocycles. The minimum atomic E-state index is -0.487.